The maximum Gasteiger partial charge on any atom is 0.253 e. The van der Waals surface area contributed by atoms with Crippen molar-refractivity contribution in [1.29, 1.82) is 0 Å². The summed E-state index contributed by atoms with van der Waals surface area (Å²) in [7, 11) is 0. The Morgan fingerprint density at radius 1 is 0.500 bits per heavy atom. The van der Waals surface area contributed by atoms with E-state index in [4.69, 9.17) is 0 Å². The van der Waals surface area contributed by atoms with Crippen LogP contribution in [0.25, 0.3) is 10.8 Å². The van der Waals surface area contributed by atoms with Gasteiger partial charge in [-0.05, 0) is 83.9 Å². The van der Waals surface area contributed by atoms with Gasteiger partial charge in [0, 0.05) is 44.6 Å². The molecule has 6 aromatic carbocycles. The summed E-state index contributed by atoms with van der Waals surface area (Å²) in [5.74, 6) is 0.428. The maximum absolute atomic E-state index is 13.7. The van der Waals surface area contributed by atoms with Crippen LogP contribution in [0.4, 0.5) is 0 Å². The number of carbonyl (C=O) groups is 3. The molecule has 9 heteroatoms. The Balaban J connectivity index is 0.000000171. The molecule has 0 bridgehead atoms. The molecule has 4 fully saturated rings. The Morgan fingerprint density at radius 3 is 1.40 bits per heavy atom. The van der Waals surface area contributed by atoms with Gasteiger partial charge in [-0.25, -0.2) is 0 Å². The zero-order valence-corrected chi connectivity index (χ0v) is 35.3. The molecule has 316 valence electrons. The third-order valence-corrected chi connectivity index (χ3v) is 13.3. The van der Waals surface area contributed by atoms with Gasteiger partial charge in [0.15, 0.2) is 0 Å². The summed E-state index contributed by atoms with van der Waals surface area (Å²) in [6, 6.07) is 54.6. The molecule has 6 aromatic rings. The van der Waals surface area contributed by atoms with Crippen LogP contribution in [0.2, 0.25) is 0 Å². The van der Waals surface area contributed by atoms with Gasteiger partial charge in [-0.1, -0.05) is 152 Å². The third-order valence-electron chi connectivity index (χ3n) is 13.3. The Morgan fingerprint density at radius 2 is 0.919 bits per heavy atom. The van der Waals surface area contributed by atoms with Crippen molar-refractivity contribution in [3.05, 3.63) is 192 Å². The number of amides is 3. The van der Waals surface area contributed by atoms with E-state index in [1.54, 1.807) is 0 Å². The highest BCUT2D eigenvalue weighted by atomic mass is 16.2. The van der Waals surface area contributed by atoms with Crippen molar-refractivity contribution >= 4 is 28.5 Å². The minimum Gasteiger partial charge on any atom is -0.338 e. The number of hydrogen-bond acceptors (Lipinski definition) is 6. The van der Waals surface area contributed by atoms with Crippen molar-refractivity contribution in [3.8, 4) is 0 Å². The number of hydrogen-bond donors (Lipinski definition) is 3. The van der Waals surface area contributed by atoms with Gasteiger partial charge in [-0.15, -0.1) is 0 Å². The summed E-state index contributed by atoms with van der Waals surface area (Å²) in [4.78, 5) is 46.4. The van der Waals surface area contributed by atoms with Crippen LogP contribution in [-0.4, -0.2) is 82.0 Å². The minimum absolute atomic E-state index is 0.0559. The molecule has 2 spiro atoms. The predicted molar refractivity (Wildman–Crippen MR) is 245 cm³/mol. The lowest BCUT2D eigenvalue weighted by Crippen LogP contribution is -2.59. The fourth-order valence-electron chi connectivity index (χ4n) is 9.95. The van der Waals surface area contributed by atoms with Crippen LogP contribution in [-0.2, 0) is 35.5 Å². The zero-order chi connectivity index (χ0) is 42.4. The molecule has 4 saturated heterocycles. The fourth-order valence-corrected chi connectivity index (χ4v) is 9.95. The Labute approximate surface area is 365 Å². The van der Waals surface area contributed by atoms with Crippen LogP contribution in [0, 0.1) is 0 Å². The maximum atomic E-state index is 13.7. The van der Waals surface area contributed by atoms with Crippen LogP contribution < -0.4 is 16.0 Å². The Bertz CT molecular complexity index is 2450. The molecule has 0 saturated carbocycles. The predicted octanol–water partition coefficient (Wildman–Crippen LogP) is 7.32. The van der Waals surface area contributed by atoms with Gasteiger partial charge < -0.3 is 20.0 Å². The van der Waals surface area contributed by atoms with E-state index < -0.39 is 5.66 Å². The summed E-state index contributed by atoms with van der Waals surface area (Å²) in [5, 5.41) is 13.1. The van der Waals surface area contributed by atoms with Gasteiger partial charge in [-0.2, -0.15) is 0 Å². The van der Waals surface area contributed by atoms with E-state index in [1.807, 2.05) is 119 Å². The van der Waals surface area contributed by atoms with Crippen LogP contribution in [0.3, 0.4) is 0 Å². The second kappa shape index (κ2) is 18.5. The topological polar surface area (TPSA) is 97.0 Å². The number of rotatable bonds is 9. The molecule has 4 aliphatic heterocycles. The molecular formula is C53H56N6O3. The molecule has 0 unspecified atom stereocenters. The van der Waals surface area contributed by atoms with E-state index >= 15 is 0 Å². The first-order valence-electron chi connectivity index (χ1n) is 22.2. The van der Waals surface area contributed by atoms with Gasteiger partial charge >= 0.3 is 0 Å². The van der Waals surface area contributed by atoms with Crippen LogP contribution in [0.1, 0.15) is 58.3 Å². The van der Waals surface area contributed by atoms with Gasteiger partial charge in [0.05, 0.1) is 23.4 Å². The zero-order valence-electron chi connectivity index (χ0n) is 35.3. The quantitative estimate of drug-likeness (QED) is 0.142. The van der Waals surface area contributed by atoms with Gasteiger partial charge in [0.1, 0.15) is 0 Å². The van der Waals surface area contributed by atoms with E-state index in [0.717, 1.165) is 54.3 Å². The van der Waals surface area contributed by atoms with Crippen molar-refractivity contribution < 1.29 is 14.4 Å². The molecule has 3 N–H and O–H groups in total. The Kier molecular flexibility index (Phi) is 12.3. The second-order valence-electron chi connectivity index (χ2n) is 17.3. The molecule has 2 atom stereocenters. The van der Waals surface area contributed by atoms with Crippen LogP contribution in [0.15, 0.2) is 164 Å². The third kappa shape index (κ3) is 8.93. The number of likely N-dealkylation sites (tertiary alicyclic amines) is 1. The summed E-state index contributed by atoms with van der Waals surface area (Å²) >= 11 is 0. The number of nitrogens with one attached hydrogen (secondary N) is 3. The summed E-state index contributed by atoms with van der Waals surface area (Å²) in [6.45, 7) is 4.35. The molecule has 4 aliphatic rings. The van der Waals surface area contributed by atoms with Crippen LogP contribution >= 0.6 is 0 Å². The normalized spacial score (nSPS) is 20.4. The minimum atomic E-state index is -0.452. The smallest absolute Gasteiger partial charge is 0.253 e. The van der Waals surface area contributed by atoms with Crippen molar-refractivity contribution in [1.82, 2.24) is 30.7 Å². The SMILES string of the molecule is O=C(c1ccc2ccccc2c1)N1CCC2(CC1)N[C@@H](Cc1ccccc1)C(=O)N2Cc1ccccc1.O=C1[C@H](Cc2ccccc2)NC2(CCNCC2)N1Cc1ccccc1. The van der Waals surface area contributed by atoms with Gasteiger partial charge in [-0.3, -0.25) is 25.0 Å². The molecule has 0 aromatic heterocycles. The Hall–Kier alpha value is -6.13. The first-order chi connectivity index (χ1) is 30.4. The lowest BCUT2D eigenvalue weighted by atomic mass is 9.94. The first kappa shape index (κ1) is 41.2. The second-order valence-corrected chi connectivity index (χ2v) is 17.3. The summed E-state index contributed by atoms with van der Waals surface area (Å²) in [5.41, 5.74) is 4.72. The molecule has 0 aliphatic carbocycles. The lowest BCUT2D eigenvalue weighted by Gasteiger charge is -2.44. The molecule has 10 rings (SSSR count). The molecule has 4 heterocycles. The number of carbonyl (C=O) groups excluding carboxylic acids is 3. The molecular weight excluding hydrogens is 769 g/mol. The molecule has 62 heavy (non-hydrogen) atoms. The lowest BCUT2D eigenvalue weighted by molar-refractivity contribution is -0.134. The highest BCUT2D eigenvalue weighted by Gasteiger charge is 2.52. The van der Waals surface area contributed by atoms with E-state index in [-0.39, 0.29) is 35.5 Å². The molecule has 0 radical (unpaired) electrons. The summed E-state index contributed by atoms with van der Waals surface area (Å²) in [6.07, 6.45) is 4.73. The average molecular weight is 825 g/mol. The highest BCUT2D eigenvalue weighted by Crippen LogP contribution is 2.36. The summed E-state index contributed by atoms with van der Waals surface area (Å²) < 4.78 is 0. The highest BCUT2D eigenvalue weighted by molar-refractivity contribution is 5.98. The fraction of sp³-hybridized carbons (Fsp3) is 0.302. The number of benzene rings is 6. The standard InChI is InChI=1S/C32H31N3O2.C21H25N3O/c36-30(28-16-15-26-13-7-8-14-27(26)22-28)34-19-17-32(18-20-34)33-29(21-24-9-3-1-4-10-24)31(37)35(32)23-25-11-5-2-6-12-25;25-20-19(15-17-7-3-1-4-8-17)23-21(11-13-22-14-12-21)24(20)16-18-9-5-2-6-10-18/h1-16,22,29,33H,17-21,23H2;1-10,19,22-23H,11-16H2/t29-;19-/m00/s1. The van der Waals surface area contributed by atoms with Gasteiger partial charge in [0.25, 0.3) is 5.91 Å². The number of nitrogens with zero attached hydrogens (tertiary/aromatic N) is 3. The van der Waals surface area contributed by atoms with E-state index in [2.05, 4.69) is 75.4 Å². The molecule has 3 amide bonds. The van der Waals surface area contributed by atoms with Crippen molar-refractivity contribution in [3.63, 3.8) is 0 Å². The van der Waals surface area contributed by atoms with Crippen molar-refractivity contribution in [2.75, 3.05) is 26.2 Å². The van der Waals surface area contributed by atoms with Gasteiger partial charge in [0.2, 0.25) is 11.8 Å². The largest absolute Gasteiger partial charge is 0.338 e. The van der Waals surface area contributed by atoms with Crippen LogP contribution in [0.5, 0.6) is 0 Å². The number of piperidine rings is 2. The molecule has 9 nitrogen and oxygen atoms in total. The van der Waals surface area contributed by atoms with Crippen molar-refractivity contribution in [2.45, 2.75) is 75.0 Å². The average Bonchev–Trinajstić information content (AvgIpc) is 3.70. The van der Waals surface area contributed by atoms with E-state index in [0.29, 0.717) is 51.0 Å². The first-order valence-corrected chi connectivity index (χ1v) is 22.2. The van der Waals surface area contributed by atoms with E-state index in [1.165, 1.54) is 11.1 Å². The van der Waals surface area contributed by atoms with E-state index in [9.17, 15) is 14.4 Å². The number of fused-ring (bicyclic) bond motifs is 1. The van der Waals surface area contributed by atoms with Crippen molar-refractivity contribution in [2.24, 2.45) is 0 Å². The monoisotopic (exact) mass is 824 g/mol.